The Morgan fingerprint density at radius 3 is 1.60 bits per heavy atom. The Balaban J connectivity index is 1.13. The highest BCUT2D eigenvalue weighted by molar-refractivity contribution is 6.23. The van der Waals surface area contributed by atoms with E-state index in [0.29, 0.717) is 0 Å². The molecule has 0 amide bonds. The summed E-state index contributed by atoms with van der Waals surface area (Å²) in [5.41, 5.74) is 14.4. The Labute approximate surface area is 337 Å². The van der Waals surface area contributed by atoms with Gasteiger partial charge in [0.1, 0.15) is 11.2 Å². The number of para-hydroxylation sites is 1. The summed E-state index contributed by atoms with van der Waals surface area (Å²) in [7, 11) is 0. The van der Waals surface area contributed by atoms with Crippen molar-refractivity contribution in [3.05, 3.63) is 224 Å². The van der Waals surface area contributed by atoms with E-state index in [1.165, 1.54) is 38.6 Å². The molecular formula is C56H37NO. The molecule has 11 rings (SSSR count). The molecule has 2 heteroatoms. The van der Waals surface area contributed by atoms with Gasteiger partial charge in [0.25, 0.3) is 0 Å². The minimum Gasteiger partial charge on any atom is -0.455 e. The van der Waals surface area contributed by atoms with Crippen molar-refractivity contribution in [3.63, 3.8) is 0 Å². The smallest absolute Gasteiger partial charge is 0.143 e. The van der Waals surface area contributed by atoms with Crippen LogP contribution in [-0.4, -0.2) is 0 Å². The predicted molar refractivity (Wildman–Crippen MR) is 245 cm³/mol. The third kappa shape index (κ3) is 5.82. The summed E-state index contributed by atoms with van der Waals surface area (Å²) in [5, 5.41) is 6.84. The molecule has 0 N–H and O–H groups in total. The van der Waals surface area contributed by atoms with Crippen molar-refractivity contribution < 1.29 is 4.42 Å². The Hall–Kier alpha value is -7.68. The third-order valence-corrected chi connectivity index (χ3v) is 11.5. The number of furan rings is 1. The van der Waals surface area contributed by atoms with Crippen LogP contribution in [0.3, 0.4) is 0 Å². The Morgan fingerprint density at radius 2 is 0.862 bits per heavy atom. The Bertz CT molecular complexity index is 3250. The van der Waals surface area contributed by atoms with Crippen LogP contribution in [-0.2, 0) is 0 Å². The molecule has 0 saturated heterocycles. The molecule has 0 aliphatic heterocycles. The lowest BCUT2D eigenvalue weighted by Crippen LogP contribution is -2.12. The summed E-state index contributed by atoms with van der Waals surface area (Å²) in [4.78, 5) is 2.43. The fourth-order valence-electron chi connectivity index (χ4n) is 8.64. The van der Waals surface area contributed by atoms with Crippen LogP contribution in [0.25, 0.3) is 88.0 Å². The van der Waals surface area contributed by atoms with Crippen LogP contribution in [0.2, 0.25) is 0 Å². The molecule has 0 aliphatic rings. The number of fused-ring (bicyclic) bond motifs is 6. The average molecular weight is 740 g/mol. The maximum Gasteiger partial charge on any atom is 0.143 e. The first-order valence-corrected chi connectivity index (χ1v) is 19.8. The molecule has 2 nitrogen and oxygen atoms in total. The lowest BCUT2D eigenvalue weighted by Gasteiger charge is -2.29. The molecule has 10 aromatic carbocycles. The molecule has 1 aromatic heterocycles. The van der Waals surface area contributed by atoms with E-state index in [4.69, 9.17) is 4.42 Å². The van der Waals surface area contributed by atoms with Crippen molar-refractivity contribution in [2.45, 2.75) is 0 Å². The monoisotopic (exact) mass is 739 g/mol. The SMILES string of the molecule is c1ccc(-c2ccc(-c3ccc(N(c4ccccc4-c4ccccc4)c4cc5c(oc6cccc(-c7ccc8ccccc8c7)c65)c5ccccc45)cc3)cc2)cc1. The first kappa shape index (κ1) is 33.6. The van der Waals surface area contributed by atoms with Gasteiger partial charge >= 0.3 is 0 Å². The van der Waals surface area contributed by atoms with Crippen molar-refractivity contribution >= 4 is 60.5 Å². The second-order valence-electron chi connectivity index (χ2n) is 14.9. The van der Waals surface area contributed by atoms with Crippen molar-refractivity contribution in [1.82, 2.24) is 0 Å². The maximum atomic E-state index is 6.84. The maximum absolute atomic E-state index is 6.84. The summed E-state index contributed by atoms with van der Waals surface area (Å²) >= 11 is 0. The van der Waals surface area contributed by atoms with Crippen LogP contribution < -0.4 is 4.90 Å². The van der Waals surface area contributed by atoms with E-state index >= 15 is 0 Å². The molecular weight excluding hydrogens is 703 g/mol. The molecule has 58 heavy (non-hydrogen) atoms. The van der Waals surface area contributed by atoms with Gasteiger partial charge in [-0.05, 0) is 86.1 Å². The predicted octanol–water partition coefficient (Wildman–Crippen LogP) is 16.0. The molecule has 272 valence electrons. The molecule has 11 aromatic rings. The normalized spacial score (nSPS) is 11.4. The molecule has 0 fully saturated rings. The minimum atomic E-state index is 0.877. The fraction of sp³-hybridized carbons (Fsp3) is 0. The van der Waals surface area contributed by atoms with Crippen molar-refractivity contribution in [2.24, 2.45) is 0 Å². The Morgan fingerprint density at radius 1 is 0.310 bits per heavy atom. The molecule has 0 saturated carbocycles. The van der Waals surface area contributed by atoms with Gasteiger partial charge < -0.3 is 9.32 Å². The second-order valence-corrected chi connectivity index (χ2v) is 14.9. The third-order valence-electron chi connectivity index (χ3n) is 11.5. The number of benzene rings is 10. The number of anilines is 3. The zero-order valence-corrected chi connectivity index (χ0v) is 31.7. The molecule has 0 spiro atoms. The van der Waals surface area contributed by atoms with Gasteiger partial charge in [0.2, 0.25) is 0 Å². The fourth-order valence-corrected chi connectivity index (χ4v) is 8.64. The van der Waals surface area contributed by atoms with Gasteiger partial charge in [-0.1, -0.05) is 188 Å². The van der Waals surface area contributed by atoms with E-state index in [-0.39, 0.29) is 0 Å². The lowest BCUT2D eigenvalue weighted by molar-refractivity contribution is 0.673. The van der Waals surface area contributed by atoms with Crippen LogP contribution >= 0.6 is 0 Å². The van der Waals surface area contributed by atoms with Gasteiger partial charge in [0, 0.05) is 32.8 Å². The summed E-state index contributed by atoms with van der Waals surface area (Å²) in [6.07, 6.45) is 0. The van der Waals surface area contributed by atoms with Crippen LogP contribution in [0.1, 0.15) is 0 Å². The van der Waals surface area contributed by atoms with Gasteiger partial charge in [-0.3, -0.25) is 0 Å². The number of hydrogen-bond acceptors (Lipinski definition) is 2. The summed E-state index contributed by atoms with van der Waals surface area (Å²) in [6.45, 7) is 0. The quantitative estimate of drug-likeness (QED) is 0.162. The highest BCUT2D eigenvalue weighted by Gasteiger charge is 2.23. The number of nitrogens with zero attached hydrogens (tertiary/aromatic N) is 1. The van der Waals surface area contributed by atoms with Gasteiger partial charge in [0.05, 0.1) is 11.4 Å². The first-order valence-electron chi connectivity index (χ1n) is 19.8. The minimum absolute atomic E-state index is 0.877. The first-order chi connectivity index (χ1) is 28.8. The van der Waals surface area contributed by atoms with Crippen LogP contribution in [0.15, 0.2) is 229 Å². The molecule has 0 unspecified atom stereocenters. The largest absolute Gasteiger partial charge is 0.455 e. The Kier molecular flexibility index (Phi) is 8.19. The van der Waals surface area contributed by atoms with Crippen LogP contribution in [0.4, 0.5) is 17.1 Å². The second kappa shape index (κ2) is 14.1. The highest BCUT2D eigenvalue weighted by Crippen LogP contribution is 2.48. The topological polar surface area (TPSA) is 16.4 Å². The van der Waals surface area contributed by atoms with Crippen molar-refractivity contribution in [3.8, 4) is 44.5 Å². The van der Waals surface area contributed by atoms with Crippen LogP contribution in [0, 0.1) is 0 Å². The van der Waals surface area contributed by atoms with Gasteiger partial charge in [-0.25, -0.2) is 0 Å². The van der Waals surface area contributed by atoms with E-state index in [9.17, 15) is 0 Å². The summed E-state index contributed by atoms with van der Waals surface area (Å²) in [5.74, 6) is 0. The zero-order valence-electron chi connectivity index (χ0n) is 31.7. The summed E-state index contributed by atoms with van der Waals surface area (Å²) in [6, 6.07) is 80.6. The van der Waals surface area contributed by atoms with E-state index in [0.717, 1.165) is 66.5 Å². The van der Waals surface area contributed by atoms with Crippen molar-refractivity contribution in [2.75, 3.05) is 4.90 Å². The van der Waals surface area contributed by atoms with Crippen LogP contribution in [0.5, 0.6) is 0 Å². The summed E-state index contributed by atoms with van der Waals surface area (Å²) < 4.78 is 6.84. The van der Waals surface area contributed by atoms with E-state index in [1.54, 1.807) is 0 Å². The highest BCUT2D eigenvalue weighted by atomic mass is 16.3. The van der Waals surface area contributed by atoms with E-state index < -0.39 is 0 Å². The van der Waals surface area contributed by atoms with E-state index in [2.05, 4.69) is 229 Å². The zero-order chi connectivity index (χ0) is 38.4. The van der Waals surface area contributed by atoms with Gasteiger partial charge in [-0.15, -0.1) is 0 Å². The van der Waals surface area contributed by atoms with E-state index in [1.807, 2.05) is 0 Å². The van der Waals surface area contributed by atoms with Gasteiger partial charge in [-0.2, -0.15) is 0 Å². The van der Waals surface area contributed by atoms with Crippen molar-refractivity contribution in [1.29, 1.82) is 0 Å². The van der Waals surface area contributed by atoms with Gasteiger partial charge in [0.15, 0.2) is 0 Å². The standard InChI is InChI=1S/C56H37NO/c1-3-14-38(15-4-1)40-26-28-41(29-27-40)42-32-34-46(35-33-42)57(52-24-12-11-20-47(52)43-17-5-2-6-18-43)53-37-51-55-48(45-31-30-39-16-7-8-19-44(39)36-45)23-13-25-54(55)58-56(51)50-22-10-9-21-49(50)53/h1-37H. The molecule has 0 atom stereocenters. The number of rotatable bonds is 7. The molecule has 0 radical (unpaired) electrons. The average Bonchev–Trinajstić information content (AvgIpc) is 3.69. The number of hydrogen-bond donors (Lipinski definition) is 0. The lowest BCUT2D eigenvalue weighted by atomic mass is 9.95. The molecule has 1 heterocycles. The molecule has 0 bridgehead atoms. The molecule has 0 aliphatic carbocycles.